The van der Waals surface area contributed by atoms with Gasteiger partial charge in [0.05, 0.1) is 21.3 Å². The Labute approximate surface area is 205 Å². The minimum Gasteiger partial charge on any atom is -0.306 e. The minimum atomic E-state index is -5.02. The predicted octanol–water partition coefficient (Wildman–Crippen LogP) is 5.64. The van der Waals surface area contributed by atoms with Crippen molar-refractivity contribution in [1.82, 2.24) is 15.8 Å². The van der Waals surface area contributed by atoms with Crippen molar-refractivity contribution in [1.29, 1.82) is 0 Å². The number of alkyl halides is 6. The zero-order valence-electron chi connectivity index (χ0n) is 17.5. The number of halogens is 8. The molecule has 0 radical (unpaired) electrons. The molecule has 36 heavy (non-hydrogen) atoms. The summed E-state index contributed by atoms with van der Waals surface area (Å²) in [4.78, 5) is 16.3. The van der Waals surface area contributed by atoms with Crippen molar-refractivity contribution in [2.24, 2.45) is 4.99 Å². The highest BCUT2D eigenvalue weighted by molar-refractivity contribution is 9.10. The van der Waals surface area contributed by atoms with Gasteiger partial charge in [0.25, 0.3) is 0 Å². The highest BCUT2D eigenvalue weighted by Crippen LogP contribution is 2.36. The number of carbonyl (C=O) groups excluding carboxylic acids is 1. The average Bonchev–Trinajstić information content (AvgIpc) is 3.24. The van der Waals surface area contributed by atoms with Crippen LogP contribution in [-0.2, 0) is 23.6 Å². The summed E-state index contributed by atoms with van der Waals surface area (Å²) >= 11 is 2.97. The number of anilines is 1. The van der Waals surface area contributed by atoms with Gasteiger partial charge in [-0.3, -0.25) is 15.5 Å². The molecule has 0 bridgehead atoms. The van der Waals surface area contributed by atoms with Crippen LogP contribution in [0.15, 0.2) is 50.5 Å². The van der Waals surface area contributed by atoms with E-state index in [-0.39, 0.29) is 39.1 Å². The van der Waals surface area contributed by atoms with Crippen molar-refractivity contribution in [3.63, 3.8) is 0 Å². The van der Waals surface area contributed by atoms with E-state index in [2.05, 4.69) is 41.2 Å². The first-order valence-corrected chi connectivity index (χ1v) is 10.4. The quantitative estimate of drug-likeness (QED) is 0.150. The van der Waals surface area contributed by atoms with Crippen LogP contribution in [0.5, 0.6) is 0 Å². The van der Waals surface area contributed by atoms with Crippen LogP contribution in [0.25, 0.3) is 0 Å². The first-order chi connectivity index (χ1) is 16.8. The van der Waals surface area contributed by atoms with Crippen molar-refractivity contribution in [2.75, 3.05) is 5.32 Å². The van der Waals surface area contributed by atoms with E-state index in [4.69, 9.17) is 0 Å². The number of aliphatic imine (C=N–C) groups is 1. The van der Waals surface area contributed by atoms with Gasteiger partial charge in [0.2, 0.25) is 11.7 Å². The number of amidine groups is 1. The fourth-order valence-corrected chi connectivity index (χ4v) is 3.22. The molecule has 3 N–H and O–H groups in total. The second-order valence-electron chi connectivity index (χ2n) is 7.09. The summed E-state index contributed by atoms with van der Waals surface area (Å²) in [6.45, 7) is 0. The van der Waals surface area contributed by atoms with Crippen LogP contribution in [0.2, 0.25) is 0 Å². The van der Waals surface area contributed by atoms with E-state index in [0.29, 0.717) is 12.1 Å². The maximum absolute atomic E-state index is 13.4. The molecule has 3 rings (SSSR count). The normalized spacial score (nSPS) is 12.5. The van der Waals surface area contributed by atoms with Crippen molar-refractivity contribution in [3.05, 3.63) is 69.1 Å². The molecule has 1 amide bonds. The van der Waals surface area contributed by atoms with Crippen LogP contribution in [0.1, 0.15) is 28.8 Å². The highest BCUT2D eigenvalue weighted by Gasteiger charge is 2.36. The van der Waals surface area contributed by atoms with Gasteiger partial charge in [0.15, 0.2) is 11.5 Å². The fourth-order valence-electron chi connectivity index (χ4n) is 2.86. The largest absolute Gasteiger partial charge is 0.416 e. The van der Waals surface area contributed by atoms with Crippen molar-refractivity contribution in [3.8, 4) is 0 Å². The molecular formula is C20H13BrF7N5O3. The number of carbonyl (C=O) groups is 1. The topological polar surface area (TPSA) is 113 Å². The van der Waals surface area contributed by atoms with Gasteiger partial charge in [-0.2, -0.15) is 26.3 Å². The summed E-state index contributed by atoms with van der Waals surface area (Å²) in [6.07, 6.45) is -11.0. The Kier molecular flexibility index (Phi) is 7.98. The number of amides is 1. The lowest BCUT2D eigenvalue weighted by atomic mass is 10.0. The van der Waals surface area contributed by atoms with Gasteiger partial charge in [-0.25, -0.2) is 14.0 Å². The average molecular weight is 584 g/mol. The maximum atomic E-state index is 13.4. The van der Waals surface area contributed by atoms with Gasteiger partial charge in [-0.1, -0.05) is 0 Å². The molecule has 0 unspecified atom stereocenters. The van der Waals surface area contributed by atoms with E-state index in [0.717, 1.165) is 6.07 Å². The number of hydrogen-bond acceptors (Lipinski definition) is 6. The van der Waals surface area contributed by atoms with Crippen LogP contribution in [-0.4, -0.2) is 27.3 Å². The Balaban J connectivity index is 1.76. The van der Waals surface area contributed by atoms with Gasteiger partial charge in [-0.05, 0) is 74.6 Å². The number of rotatable bonds is 6. The van der Waals surface area contributed by atoms with E-state index in [1.165, 1.54) is 12.1 Å². The minimum absolute atomic E-state index is 0.0146. The van der Waals surface area contributed by atoms with Gasteiger partial charge in [-0.15, -0.1) is 0 Å². The fraction of sp³-hybridized carbons (Fsp3) is 0.200. The number of nitrogens with zero attached hydrogens (tertiary/aromatic N) is 3. The molecular weight excluding hydrogens is 571 g/mol. The number of hydrogen-bond donors (Lipinski definition) is 3. The molecule has 0 spiro atoms. The van der Waals surface area contributed by atoms with E-state index in [1.807, 2.05) is 0 Å². The Hall–Kier alpha value is -3.53. The molecule has 3 aromatic rings. The molecule has 1 heterocycles. The molecule has 0 aliphatic heterocycles. The number of hydroxylamine groups is 1. The lowest BCUT2D eigenvalue weighted by Gasteiger charge is -2.14. The Morgan fingerprint density at radius 3 is 2.22 bits per heavy atom. The number of benzene rings is 2. The second-order valence-corrected chi connectivity index (χ2v) is 7.95. The van der Waals surface area contributed by atoms with E-state index in [1.54, 1.807) is 5.48 Å². The third kappa shape index (κ3) is 6.78. The molecule has 0 fully saturated rings. The molecule has 1 aromatic heterocycles. The smallest absolute Gasteiger partial charge is 0.306 e. The molecule has 8 nitrogen and oxygen atoms in total. The molecule has 0 saturated carbocycles. The van der Waals surface area contributed by atoms with Crippen molar-refractivity contribution >= 4 is 39.2 Å². The summed E-state index contributed by atoms with van der Waals surface area (Å²) in [7, 11) is 0. The highest BCUT2D eigenvalue weighted by atomic mass is 79.9. The molecule has 16 heteroatoms. The van der Waals surface area contributed by atoms with Crippen LogP contribution < -0.4 is 10.8 Å². The van der Waals surface area contributed by atoms with Crippen LogP contribution in [0.4, 0.5) is 42.2 Å². The van der Waals surface area contributed by atoms with Gasteiger partial charge in [0, 0.05) is 6.42 Å². The zero-order chi connectivity index (χ0) is 26.7. The molecule has 2 aromatic carbocycles. The number of aromatic nitrogens is 2. The standard InChI is InChI=1S/C20H13BrF7N5O3/c21-13-8-12(2-3-14(13)22)29-17(31-35)16-18(33-36-32-16)30-15(34)4-1-9-5-10(19(23,24)25)7-11(6-9)20(26,27)28/h2-3,5-8,35H,1,4H2,(H,29,31)(H,30,33,34). The van der Waals surface area contributed by atoms with Crippen LogP contribution >= 0.6 is 15.9 Å². The van der Waals surface area contributed by atoms with Crippen LogP contribution in [0.3, 0.4) is 0 Å². The summed E-state index contributed by atoms with van der Waals surface area (Å²) < 4.78 is 96.0. The first kappa shape index (κ1) is 27.1. The molecule has 192 valence electrons. The third-order valence-electron chi connectivity index (χ3n) is 4.51. The van der Waals surface area contributed by atoms with Crippen LogP contribution in [0, 0.1) is 5.82 Å². The van der Waals surface area contributed by atoms with Gasteiger partial charge < -0.3 is 5.32 Å². The Morgan fingerprint density at radius 1 is 1.03 bits per heavy atom. The second kappa shape index (κ2) is 10.6. The Morgan fingerprint density at radius 2 is 1.67 bits per heavy atom. The van der Waals surface area contributed by atoms with Crippen molar-refractivity contribution in [2.45, 2.75) is 25.2 Å². The SMILES string of the molecule is O=C(CCc1cc(C(F)(F)F)cc(C(F)(F)F)c1)Nc1nonc1C(=Nc1ccc(F)c(Br)c1)NO. The van der Waals surface area contributed by atoms with Crippen molar-refractivity contribution < 1.29 is 45.4 Å². The molecule has 0 atom stereocenters. The van der Waals surface area contributed by atoms with E-state index >= 15 is 0 Å². The summed E-state index contributed by atoms with van der Waals surface area (Å²) in [5.74, 6) is -2.18. The summed E-state index contributed by atoms with van der Waals surface area (Å²) in [5.41, 5.74) is -1.82. The summed E-state index contributed by atoms with van der Waals surface area (Å²) in [5, 5.41) is 18.5. The monoisotopic (exact) mass is 583 g/mol. The first-order valence-electron chi connectivity index (χ1n) is 9.63. The number of aryl methyl sites for hydroxylation is 1. The molecule has 0 saturated heterocycles. The summed E-state index contributed by atoms with van der Waals surface area (Å²) in [6, 6.07) is 4.63. The maximum Gasteiger partial charge on any atom is 0.416 e. The van der Waals surface area contributed by atoms with Gasteiger partial charge in [0.1, 0.15) is 5.82 Å². The number of nitrogens with one attached hydrogen (secondary N) is 2. The third-order valence-corrected chi connectivity index (χ3v) is 5.12. The molecule has 0 aliphatic rings. The van der Waals surface area contributed by atoms with Gasteiger partial charge >= 0.3 is 12.4 Å². The zero-order valence-corrected chi connectivity index (χ0v) is 19.1. The molecule has 0 aliphatic carbocycles. The predicted molar refractivity (Wildman–Crippen MR) is 113 cm³/mol. The van der Waals surface area contributed by atoms with E-state index < -0.39 is 48.0 Å². The lowest BCUT2D eigenvalue weighted by Crippen LogP contribution is -2.23. The lowest BCUT2D eigenvalue weighted by molar-refractivity contribution is -0.143. The Bertz CT molecular complexity index is 1260. The van der Waals surface area contributed by atoms with E-state index in [9.17, 15) is 40.7 Å².